The molecule has 0 fully saturated rings. The Morgan fingerprint density at radius 3 is 2.64 bits per heavy atom. The first-order valence-corrected chi connectivity index (χ1v) is 6.57. The molecule has 0 aromatic heterocycles. The van der Waals surface area contributed by atoms with Crippen LogP contribution >= 0.6 is 0 Å². The van der Waals surface area contributed by atoms with Crippen LogP contribution in [-0.2, 0) is 16.5 Å². The second-order valence-corrected chi connectivity index (χ2v) is 5.62. The van der Waals surface area contributed by atoms with E-state index in [1.54, 1.807) is 18.2 Å². The zero-order valence-electron chi connectivity index (χ0n) is 7.90. The van der Waals surface area contributed by atoms with Gasteiger partial charge in [0.15, 0.2) is 0 Å². The first-order chi connectivity index (χ1) is 6.45. The summed E-state index contributed by atoms with van der Waals surface area (Å²) in [5.74, 6) is 0. The number of rotatable bonds is 3. The van der Waals surface area contributed by atoms with Gasteiger partial charge in [0.05, 0.1) is 0 Å². The molecule has 0 aliphatic heterocycles. The fourth-order valence-electron chi connectivity index (χ4n) is 1.27. The van der Waals surface area contributed by atoms with Gasteiger partial charge in [0, 0.05) is 0 Å². The maximum absolute atomic E-state index is 11.0. The Morgan fingerprint density at radius 2 is 2.14 bits per heavy atom. The van der Waals surface area contributed by atoms with Crippen LogP contribution in [0.4, 0.5) is 0 Å². The van der Waals surface area contributed by atoms with Gasteiger partial charge in [-0.15, -0.1) is 0 Å². The third-order valence-electron chi connectivity index (χ3n) is 1.86. The Hall–Kier alpha value is -0.130. The van der Waals surface area contributed by atoms with E-state index < -0.39 is 10.1 Å². The van der Waals surface area contributed by atoms with Gasteiger partial charge in [-0.2, -0.15) is 0 Å². The van der Waals surface area contributed by atoms with Crippen LogP contribution in [0.2, 0.25) is 0 Å². The zero-order valence-corrected chi connectivity index (χ0v) is 10.7. The average Bonchev–Trinajstić information content (AvgIpc) is 2.02. The van der Waals surface area contributed by atoms with Crippen molar-refractivity contribution in [3.8, 4) is 0 Å². The Balaban J connectivity index is 3.36. The van der Waals surface area contributed by atoms with E-state index in [1.807, 2.05) is 0 Å². The topological polar surface area (TPSA) is 54.4 Å². The number of allylic oxidation sites excluding steroid dienone is 1. The first kappa shape index (κ1) is 11.9. The van der Waals surface area contributed by atoms with Gasteiger partial charge in [0.1, 0.15) is 0 Å². The summed E-state index contributed by atoms with van der Waals surface area (Å²) in [6.45, 7) is 3.54. The molecule has 0 amide bonds. The fraction of sp³-hybridized carbons (Fsp3) is 0.111. The number of hydrogen-bond donors (Lipinski definition) is 1. The third-order valence-corrected chi connectivity index (χ3v) is 3.43. The fourth-order valence-corrected chi connectivity index (χ4v) is 2.50. The molecule has 14 heavy (non-hydrogen) atoms. The van der Waals surface area contributed by atoms with E-state index in [0.29, 0.717) is 12.0 Å². The molecule has 70 valence electrons. The van der Waals surface area contributed by atoms with Crippen molar-refractivity contribution in [3.05, 3.63) is 36.4 Å². The van der Waals surface area contributed by atoms with Gasteiger partial charge in [0.25, 0.3) is 0 Å². The standard InChI is InChI=1S/C9H9O3S.Na/c1-2-5-8-6-3-4-7-9(8)13(10,11)12;/h2,4,6-7H,1,5H2,(H,10,11,12);. The predicted octanol–water partition coefficient (Wildman–Crippen LogP) is 0.456. The van der Waals surface area contributed by atoms with Crippen molar-refractivity contribution in [1.29, 1.82) is 0 Å². The molecule has 0 saturated heterocycles. The summed E-state index contributed by atoms with van der Waals surface area (Å²) in [6.07, 6.45) is 2.07. The molecule has 1 N–H and O–H groups in total. The summed E-state index contributed by atoms with van der Waals surface area (Å²) >= 11 is 0.853. The van der Waals surface area contributed by atoms with Crippen LogP contribution < -0.4 is 2.81 Å². The molecule has 0 aliphatic carbocycles. The molecule has 3 nitrogen and oxygen atoms in total. The Bertz CT molecular complexity index is 451. The molecule has 0 aliphatic rings. The van der Waals surface area contributed by atoms with E-state index >= 15 is 0 Å². The van der Waals surface area contributed by atoms with Gasteiger partial charge in [-0.05, 0) is 0 Å². The van der Waals surface area contributed by atoms with E-state index in [2.05, 4.69) is 6.58 Å². The second-order valence-electron chi connectivity index (χ2n) is 3.08. The monoisotopic (exact) mass is 220 g/mol. The molecule has 0 spiro atoms. The third kappa shape index (κ3) is 2.93. The quantitative estimate of drug-likeness (QED) is 0.457. The second kappa shape index (κ2) is 4.59. The van der Waals surface area contributed by atoms with Crippen LogP contribution in [0.25, 0.3) is 0 Å². The summed E-state index contributed by atoms with van der Waals surface area (Å²) in [5.41, 5.74) is 0.606. The van der Waals surface area contributed by atoms with Crippen LogP contribution in [0.1, 0.15) is 5.56 Å². The van der Waals surface area contributed by atoms with Gasteiger partial charge in [0.2, 0.25) is 0 Å². The average molecular weight is 220 g/mol. The molecular weight excluding hydrogens is 211 g/mol. The molecule has 0 saturated carbocycles. The molecule has 0 atom stereocenters. The van der Waals surface area contributed by atoms with Crippen LogP contribution in [0.3, 0.4) is 0 Å². The summed E-state index contributed by atoms with van der Waals surface area (Å²) in [4.78, 5) is -0.0167. The van der Waals surface area contributed by atoms with Crippen molar-refractivity contribution in [2.24, 2.45) is 0 Å². The SMILES string of the molecule is C=CCc1c[c]([Na])ccc1S(=O)(=O)O. The molecular formula is C9H9NaO3S. The molecule has 5 heteroatoms. The van der Waals surface area contributed by atoms with Crippen LogP contribution in [0.15, 0.2) is 35.7 Å². The minimum atomic E-state index is -4.10. The van der Waals surface area contributed by atoms with E-state index in [1.165, 1.54) is 6.07 Å². The molecule has 0 heterocycles. The van der Waals surface area contributed by atoms with Crippen molar-refractivity contribution in [3.63, 3.8) is 0 Å². The van der Waals surface area contributed by atoms with Crippen molar-refractivity contribution in [1.82, 2.24) is 0 Å². The van der Waals surface area contributed by atoms with E-state index in [9.17, 15) is 8.42 Å². The van der Waals surface area contributed by atoms with E-state index in [0.717, 1.165) is 30.7 Å². The normalized spacial score (nSPS) is 11.4. The summed E-state index contributed by atoms with van der Waals surface area (Å²) in [5, 5.41) is 0. The summed E-state index contributed by atoms with van der Waals surface area (Å²) in [6, 6.07) is 4.94. The minimum absolute atomic E-state index is 0.0167. The number of benzene rings is 1. The molecule has 1 rings (SSSR count). The van der Waals surface area contributed by atoms with Gasteiger partial charge >= 0.3 is 102 Å². The van der Waals surface area contributed by atoms with Crippen molar-refractivity contribution in [2.45, 2.75) is 11.3 Å². The van der Waals surface area contributed by atoms with Crippen molar-refractivity contribution < 1.29 is 13.0 Å². The number of hydrogen-bond acceptors (Lipinski definition) is 2. The van der Waals surface area contributed by atoms with E-state index in [-0.39, 0.29) is 4.90 Å². The Labute approximate surface area is 101 Å². The first-order valence-electron chi connectivity index (χ1n) is 4.13. The molecule has 0 radical (unpaired) electrons. The van der Waals surface area contributed by atoms with Crippen molar-refractivity contribution in [2.75, 3.05) is 0 Å². The zero-order chi connectivity index (χ0) is 10.8. The van der Waals surface area contributed by atoms with E-state index in [4.69, 9.17) is 4.55 Å². The van der Waals surface area contributed by atoms with Crippen LogP contribution in [-0.4, -0.2) is 40.9 Å². The Morgan fingerprint density at radius 1 is 1.50 bits per heavy atom. The van der Waals surface area contributed by atoms with Gasteiger partial charge in [-0.25, -0.2) is 0 Å². The molecule has 1 aromatic rings. The molecule has 1 aromatic carbocycles. The van der Waals surface area contributed by atoms with Gasteiger partial charge in [-0.1, -0.05) is 0 Å². The van der Waals surface area contributed by atoms with Crippen LogP contribution in [0, 0.1) is 0 Å². The van der Waals surface area contributed by atoms with Crippen LogP contribution in [0.5, 0.6) is 0 Å². The summed E-state index contributed by atoms with van der Waals surface area (Å²) in [7, 11) is -4.10. The molecule has 0 unspecified atom stereocenters. The summed E-state index contributed by atoms with van der Waals surface area (Å²) < 4.78 is 32.0. The van der Waals surface area contributed by atoms with Gasteiger partial charge in [-0.3, -0.25) is 0 Å². The molecule has 0 bridgehead atoms. The maximum atomic E-state index is 11.0. The predicted molar refractivity (Wildman–Crippen MR) is 55.5 cm³/mol. The Kier molecular flexibility index (Phi) is 3.92. The van der Waals surface area contributed by atoms with Crippen molar-refractivity contribution >= 4 is 40.9 Å². The van der Waals surface area contributed by atoms with Gasteiger partial charge < -0.3 is 0 Å².